The monoisotopic (exact) mass is 185 g/mol. The van der Waals surface area contributed by atoms with Crippen LogP contribution in [-0.4, -0.2) is 24.8 Å². The molecule has 1 aliphatic rings. The third-order valence-corrected chi connectivity index (χ3v) is 2.98. The van der Waals surface area contributed by atoms with Crippen LogP contribution in [0.25, 0.3) is 0 Å². The topological polar surface area (TPSA) is 32.3 Å². The highest BCUT2D eigenvalue weighted by atomic mass is 16.2. The zero-order valence-electron chi connectivity index (χ0n) is 8.60. The van der Waals surface area contributed by atoms with Gasteiger partial charge in [-0.05, 0) is 38.3 Å². The number of rotatable bonds is 6. The smallest absolute Gasteiger partial charge is 0.0431 e. The minimum Gasteiger partial charge on any atom is -0.396 e. The van der Waals surface area contributed by atoms with Crippen molar-refractivity contribution in [1.82, 2.24) is 5.32 Å². The zero-order chi connectivity index (χ0) is 9.36. The highest BCUT2D eigenvalue weighted by molar-refractivity contribution is 4.68. The van der Waals surface area contributed by atoms with Crippen LogP contribution < -0.4 is 5.32 Å². The van der Waals surface area contributed by atoms with E-state index < -0.39 is 0 Å². The van der Waals surface area contributed by atoms with Crippen LogP contribution in [0.2, 0.25) is 0 Å². The van der Waals surface area contributed by atoms with Crippen molar-refractivity contribution in [3.8, 4) is 0 Å². The van der Waals surface area contributed by atoms with Gasteiger partial charge in [-0.3, -0.25) is 0 Å². The minimum atomic E-state index is 0.368. The molecule has 0 unspecified atom stereocenters. The van der Waals surface area contributed by atoms with Gasteiger partial charge in [0.05, 0.1) is 0 Å². The molecule has 2 N–H and O–H groups in total. The van der Waals surface area contributed by atoms with Gasteiger partial charge in [-0.25, -0.2) is 0 Å². The Morgan fingerprint density at radius 3 is 2.38 bits per heavy atom. The summed E-state index contributed by atoms with van der Waals surface area (Å²) in [5, 5.41) is 12.0. The molecule has 2 nitrogen and oxygen atoms in total. The minimum absolute atomic E-state index is 0.368. The molecule has 0 radical (unpaired) electrons. The van der Waals surface area contributed by atoms with E-state index in [-0.39, 0.29) is 0 Å². The SMILES string of the molecule is OCCCCCCC1CCNCC1. The maximum absolute atomic E-state index is 8.61. The lowest BCUT2D eigenvalue weighted by Gasteiger charge is -2.22. The summed E-state index contributed by atoms with van der Waals surface area (Å²) in [6.45, 7) is 2.82. The van der Waals surface area contributed by atoms with E-state index in [1.807, 2.05) is 0 Å². The van der Waals surface area contributed by atoms with Crippen LogP contribution in [0.15, 0.2) is 0 Å². The summed E-state index contributed by atoms with van der Waals surface area (Å²) in [7, 11) is 0. The summed E-state index contributed by atoms with van der Waals surface area (Å²) >= 11 is 0. The summed E-state index contributed by atoms with van der Waals surface area (Å²) in [6.07, 6.45) is 9.04. The molecule has 78 valence electrons. The van der Waals surface area contributed by atoms with E-state index in [2.05, 4.69) is 5.32 Å². The Hall–Kier alpha value is -0.0800. The van der Waals surface area contributed by atoms with Gasteiger partial charge in [-0.15, -0.1) is 0 Å². The molecule has 0 bridgehead atoms. The summed E-state index contributed by atoms with van der Waals surface area (Å²) in [5.74, 6) is 0.982. The van der Waals surface area contributed by atoms with E-state index in [0.717, 1.165) is 12.3 Å². The van der Waals surface area contributed by atoms with Gasteiger partial charge in [0.2, 0.25) is 0 Å². The fraction of sp³-hybridized carbons (Fsp3) is 1.00. The normalized spacial score (nSPS) is 19.2. The first-order valence-corrected chi connectivity index (χ1v) is 5.75. The van der Waals surface area contributed by atoms with Crippen LogP contribution in [-0.2, 0) is 0 Å². The number of aliphatic hydroxyl groups is 1. The van der Waals surface area contributed by atoms with Crippen molar-refractivity contribution in [2.24, 2.45) is 5.92 Å². The van der Waals surface area contributed by atoms with Crippen molar-refractivity contribution in [2.45, 2.75) is 44.9 Å². The quantitative estimate of drug-likeness (QED) is 0.620. The second kappa shape index (κ2) is 7.34. The molecule has 1 saturated heterocycles. The fourth-order valence-electron chi connectivity index (χ4n) is 2.07. The van der Waals surface area contributed by atoms with Gasteiger partial charge in [-0.1, -0.05) is 25.7 Å². The fourth-order valence-corrected chi connectivity index (χ4v) is 2.07. The lowest BCUT2D eigenvalue weighted by Crippen LogP contribution is -2.27. The predicted molar refractivity (Wildman–Crippen MR) is 55.8 cm³/mol. The number of hydrogen-bond donors (Lipinski definition) is 2. The number of hydrogen-bond acceptors (Lipinski definition) is 2. The Bertz CT molecular complexity index is 111. The van der Waals surface area contributed by atoms with E-state index in [4.69, 9.17) is 5.11 Å². The van der Waals surface area contributed by atoms with Crippen molar-refractivity contribution in [2.75, 3.05) is 19.7 Å². The van der Waals surface area contributed by atoms with Crippen molar-refractivity contribution in [1.29, 1.82) is 0 Å². The lowest BCUT2D eigenvalue weighted by molar-refractivity contribution is 0.280. The Labute approximate surface area is 81.7 Å². The molecule has 0 aromatic carbocycles. The summed E-state index contributed by atoms with van der Waals surface area (Å²) in [5.41, 5.74) is 0. The Morgan fingerprint density at radius 2 is 1.69 bits per heavy atom. The van der Waals surface area contributed by atoms with Gasteiger partial charge in [0, 0.05) is 6.61 Å². The third-order valence-electron chi connectivity index (χ3n) is 2.98. The Kier molecular flexibility index (Phi) is 6.21. The predicted octanol–water partition coefficient (Wildman–Crippen LogP) is 1.93. The highest BCUT2D eigenvalue weighted by Crippen LogP contribution is 2.19. The number of nitrogens with one attached hydrogen (secondary N) is 1. The van der Waals surface area contributed by atoms with Gasteiger partial charge in [0.15, 0.2) is 0 Å². The molecular weight excluding hydrogens is 162 g/mol. The molecule has 0 amide bonds. The highest BCUT2D eigenvalue weighted by Gasteiger charge is 2.11. The van der Waals surface area contributed by atoms with Crippen LogP contribution in [0.1, 0.15) is 44.9 Å². The second-order valence-electron chi connectivity index (χ2n) is 4.12. The van der Waals surface area contributed by atoms with Crippen LogP contribution in [0.4, 0.5) is 0 Å². The first-order chi connectivity index (χ1) is 6.43. The molecule has 0 aromatic rings. The van der Waals surface area contributed by atoms with E-state index >= 15 is 0 Å². The summed E-state index contributed by atoms with van der Waals surface area (Å²) < 4.78 is 0. The molecule has 0 saturated carbocycles. The standard InChI is InChI=1S/C11H23NO/c13-10-4-2-1-3-5-11-6-8-12-9-7-11/h11-13H,1-10H2. The summed E-state index contributed by atoms with van der Waals surface area (Å²) in [4.78, 5) is 0. The molecule has 1 heterocycles. The van der Waals surface area contributed by atoms with Crippen molar-refractivity contribution in [3.05, 3.63) is 0 Å². The summed E-state index contributed by atoms with van der Waals surface area (Å²) in [6, 6.07) is 0. The lowest BCUT2D eigenvalue weighted by atomic mass is 9.92. The van der Waals surface area contributed by atoms with Crippen LogP contribution in [0, 0.1) is 5.92 Å². The maximum Gasteiger partial charge on any atom is 0.0431 e. The maximum atomic E-state index is 8.61. The number of aliphatic hydroxyl groups excluding tert-OH is 1. The molecule has 13 heavy (non-hydrogen) atoms. The average Bonchev–Trinajstić information content (AvgIpc) is 2.19. The molecule has 1 aliphatic heterocycles. The van der Waals surface area contributed by atoms with Crippen molar-refractivity contribution in [3.63, 3.8) is 0 Å². The van der Waals surface area contributed by atoms with Gasteiger partial charge < -0.3 is 10.4 Å². The van der Waals surface area contributed by atoms with Crippen LogP contribution >= 0.6 is 0 Å². The van der Waals surface area contributed by atoms with E-state index in [1.54, 1.807) is 0 Å². The molecule has 1 rings (SSSR count). The Balaban J connectivity index is 1.86. The van der Waals surface area contributed by atoms with Crippen LogP contribution in [0.5, 0.6) is 0 Å². The van der Waals surface area contributed by atoms with Gasteiger partial charge >= 0.3 is 0 Å². The molecule has 1 fully saturated rings. The molecule has 0 spiro atoms. The molecule has 0 aliphatic carbocycles. The zero-order valence-corrected chi connectivity index (χ0v) is 8.60. The van der Waals surface area contributed by atoms with Crippen molar-refractivity contribution < 1.29 is 5.11 Å². The molecule has 0 atom stereocenters. The van der Waals surface area contributed by atoms with Gasteiger partial charge in [-0.2, -0.15) is 0 Å². The van der Waals surface area contributed by atoms with Gasteiger partial charge in [0.1, 0.15) is 0 Å². The van der Waals surface area contributed by atoms with E-state index in [9.17, 15) is 0 Å². The van der Waals surface area contributed by atoms with Crippen LogP contribution in [0.3, 0.4) is 0 Å². The first kappa shape index (κ1) is 11.0. The largest absolute Gasteiger partial charge is 0.396 e. The van der Waals surface area contributed by atoms with E-state index in [1.165, 1.54) is 51.6 Å². The number of unbranched alkanes of at least 4 members (excludes halogenated alkanes) is 3. The van der Waals surface area contributed by atoms with Crippen molar-refractivity contribution >= 4 is 0 Å². The number of piperidine rings is 1. The average molecular weight is 185 g/mol. The second-order valence-corrected chi connectivity index (χ2v) is 4.12. The molecular formula is C11H23NO. The molecule has 0 aromatic heterocycles. The first-order valence-electron chi connectivity index (χ1n) is 5.75. The molecule has 2 heteroatoms. The third kappa shape index (κ3) is 5.27. The van der Waals surface area contributed by atoms with Gasteiger partial charge in [0.25, 0.3) is 0 Å². The Morgan fingerprint density at radius 1 is 1.00 bits per heavy atom. The van der Waals surface area contributed by atoms with E-state index in [0.29, 0.717) is 6.61 Å².